The van der Waals surface area contributed by atoms with Gasteiger partial charge in [0.25, 0.3) is 11.5 Å². The molecule has 9 nitrogen and oxygen atoms in total. The number of halogens is 2. The van der Waals surface area contributed by atoms with Crippen molar-refractivity contribution in [1.29, 1.82) is 0 Å². The largest absolute Gasteiger partial charge is 0.504 e. The van der Waals surface area contributed by atoms with Crippen LogP contribution in [0.3, 0.4) is 0 Å². The van der Waals surface area contributed by atoms with Crippen LogP contribution >= 0.6 is 23.2 Å². The summed E-state index contributed by atoms with van der Waals surface area (Å²) in [6.07, 6.45) is 6.17. The summed E-state index contributed by atoms with van der Waals surface area (Å²) in [6, 6.07) is 7.12. The number of nitrogens with zero attached hydrogens (tertiary/aromatic N) is 2. The van der Waals surface area contributed by atoms with Crippen LogP contribution in [0.15, 0.2) is 46.1 Å². The number of H-pyrrole nitrogens is 1. The van der Waals surface area contributed by atoms with Crippen molar-refractivity contribution in [1.82, 2.24) is 20.1 Å². The minimum Gasteiger partial charge on any atom is -0.504 e. The molecule has 4 rings (SSSR count). The van der Waals surface area contributed by atoms with E-state index in [1.54, 1.807) is 0 Å². The van der Waals surface area contributed by atoms with Gasteiger partial charge < -0.3 is 15.2 Å². The molecule has 0 radical (unpaired) electrons. The van der Waals surface area contributed by atoms with Crippen molar-refractivity contribution >= 4 is 29.1 Å². The Morgan fingerprint density at radius 3 is 2.48 bits per heavy atom. The van der Waals surface area contributed by atoms with Crippen LogP contribution in [0, 0.1) is 0 Å². The highest BCUT2D eigenvalue weighted by atomic mass is 35.5. The first-order valence-electron chi connectivity index (χ1n) is 10.3. The monoisotopic (exact) mass is 490 g/mol. The SMILES string of the molecule is O=C(NC1CCCCC1)c1ccc(O)c(Oc2c(Cl)cc(-n3ncc(=O)[nH]c3=O)cc2Cl)c1. The molecule has 33 heavy (non-hydrogen) atoms. The highest BCUT2D eigenvalue weighted by molar-refractivity contribution is 6.37. The van der Waals surface area contributed by atoms with Crippen LogP contribution in [0.4, 0.5) is 0 Å². The summed E-state index contributed by atoms with van der Waals surface area (Å²) in [5, 5.41) is 17.1. The van der Waals surface area contributed by atoms with Crippen LogP contribution in [0.25, 0.3) is 5.69 Å². The number of carbonyl (C=O) groups is 1. The molecule has 0 bridgehead atoms. The van der Waals surface area contributed by atoms with E-state index in [0.717, 1.165) is 36.6 Å². The maximum atomic E-state index is 12.7. The van der Waals surface area contributed by atoms with Gasteiger partial charge in [-0.05, 0) is 43.2 Å². The van der Waals surface area contributed by atoms with Gasteiger partial charge in [0.15, 0.2) is 17.2 Å². The maximum Gasteiger partial charge on any atom is 0.349 e. The van der Waals surface area contributed by atoms with Crippen molar-refractivity contribution in [2.45, 2.75) is 38.1 Å². The number of rotatable bonds is 5. The Labute approximate surface area is 197 Å². The average Bonchev–Trinajstić information content (AvgIpc) is 2.78. The molecule has 1 aromatic heterocycles. The number of carbonyl (C=O) groups excluding carboxylic acids is 1. The molecule has 1 heterocycles. The van der Waals surface area contributed by atoms with Crippen LogP contribution in [0.1, 0.15) is 42.5 Å². The molecule has 1 amide bonds. The van der Waals surface area contributed by atoms with E-state index in [2.05, 4.69) is 15.4 Å². The first kappa shape index (κ1) is 22.9. The zero-order chi connectivity index (χ0) is 23.5. The predicted octanol–water partition coefficient (Wildman–Crippen LogP) is 3.79. The van der Waals surface area contributed by atoms with Gasteiger partial charge in [0, 0.05) is 11.6 Å². The summed E-state index contributed by atoms with van der Waals surface area (Å²) in [7, 11) is 0. The molecule has 0 atom stereocenters. The summed E-state index contributed by atoms with van der Waals surface area (Å²) in [5.41, 5.74) is -0.890. The molecule has 0 saturated heterocycles. The van der Waals surface area contributed by atoms with Gasteiger partial charge in [-0.3, -0.25) is 14.6 Å². The third-order valence-corrected chi connectivity index (χ3v) is 5.88. The van der Waals surface area contributed by atoms with Gasteiger partial charge in [-0.25, -0.2) is 4.79 Å². The molecule has 3 aromatic rings. The lowest BCUT2D eigenvalue weighted by Gasteiger charge is -2.23. The number of hydrogen-bond donors (Lipinski definition) is 3. The van der Waals surface area contributed by atoms with E-state index in [-0.39, 0.29) is 44.9 Å². The van der Waals surface area contributed by atoms with E-state index in [4.69, 9.17) is 27.9 Å². The Morgan fingerprint density at radius 2 is 1.82 bits per heavy atom. The second-order valence-electron chi connectivity index (χ2n) is 7.68. The highest BCUT2D eigenvalue weighted by Gasteiger charge is 2.19. The fraction of sp³-hybridized carbons (Fsp3) is 0.273. The fourth-order valence-corrected chi connectivity index (χ4v) is 4.22. The number of aromatic amines is 1. The van der Waals surface area contributed by atoms with E-state index < -0.39 is 11.2 Å². The number of aromatic hydroxyl groups is 1. The first-order chi connectivity index (χ1) is 15.8. The smallest absolute Gasteiger partial charge is 0.349 e. The molecular formula is C22H20Cl2N4O5. The molecule has 172 valence electrons. The summed E-state index contributed by atoms with van der Waals surface area (Å²) >= 11 is 12.6. The van der Waals surface area contributed by atoms with E-state index >= 15 is 0 Å². The number of aromatic nitrogens is 3. The normalized spacial score (nSPS) is 14.1. The van der Waals surface area contributed by atoms with Gasteiger partial charge in [-0.1, -0.05) is 42.5 Å². The van der Waals surface area contributed by atoms with Gasteiger partial charge in [0.1, 0.15) is 6.20 Å². The van der Waals surface area contributed by atoms with Crippen molar-refractivity contribution in [2.24, 2.45) is 0 Å². The topological polar surface area (TPSA) is 126 Å². The second kappa shape index (κ2) is 9.68. The number of amides is 1. The molecule has 1 aliphatic carbocycles. The van der Waals surface area contributed by atoms with Crippen LogP contribution in [0.5, 0.6) is 17.2 Å². The Hall–Kier alpha value is -3.30. The second-order valence-corrected chi connectivity index (χ2v) is 8.50. The Morgan fingerprint density at radius 1 is 1.12 bits per heavy atom. The van der Waals surface area contributed by atoms with Crippen LogP contribution in [0.2, 0.25) is 10.0 Å². The Balaban J connectivity index is 1.59. The minimum atomic E-state index is -0.766. The number of benzene rings is 2. The maximum absolute atomic E-state index is 12.7. The summed E-state index contributed by atoms with van der Waals surface area (Å²) < 4.78 is 6.65. The zero-order valence-corrected chi connectivity index (χ0v) is 18.8. The summed E-state index contributed by atoms with van der Waals surface area (Å²) in [4.78, 5) is 38.0. The lowest BCUT2D eigenvalue weighted by molar-refractivity contribution is 0.0927. The van der Waals surface area contributed by atoms with Crippen LogP contribution in [-0.2, 0) is 0 Å². The number of phenols is 1. The minimum absolute atomic E-state index is 0.0119. The van der Waals surface area contributed by atoms with Crippen molar-refractivity contribution in [2.75, 3.05) is 0 Å². The molecule has 0 unspecified atom stereocenters. The molecule has 1 saturated carbocycles. The zero-order valence-electron chi connectivity index (χ0n) is 17.3. The van der Waals surface area contributed by atoms with Gasteiger partial charge in [-0.15, -0.1) is 0 Å². The standard InChI is InChI=1S/C22H20Cl2N4O5/c23-15-9-14(28-22(32)27-19(30)11-25-28)10-16(24)20(15)33-18-8-12(6-7-17(18)29)21(31)26-13-4-2-1-3-5-13/h6-11,13,29H,1-5H2,(H,26,31)(H,27,30,32). The molecule has 11 heteroatoms. The number of phenolic OH excluding ortho intramolecular Hbond substituents is 1. The number of ether oxygens (including phenoxy) is 1. The van der Waals surface area contributed by atoms with Crippen molar-refractivity contribution in [3.05, 3.63) is 73.0 Å². The average molecular weight is 491 g/mol. The van der Waals surface area contributed by atoms with Gasteiger partial charge in [0.2, 0.25) is 0 Å². The van der Waals surface area contributed by atoms with Crippen LogP contribution in [-0.4, -0.2) is 31.8 Å². The number of nitrogens with one attached hydrogen (secondary N) is 2. The molecular weight excluding hydrogens is 471 g/mol. The first-order valence-corrected chi connectivity index (χ1v) is 11.1. The summed E-state index contributed by atoms with van der Waals surface area (Å²) in [5.74, 6) is -0.469. The highest BCUT2D eigenvalue weighted by Crippen LogP contribution is 2.40. The van der Waals surface area contributed by atoms with Crippen molar-refractivity contribution < 1.29 is 14.6 Å². The van der Waals surface area contributed by atoms with Gasteiger partial charge >= 0.3 is 5.69 Å². The third kappa shape index (κ3) is 5.20. The molecule has 1 aliphatic rings. The molecule has 2 aromatic carbocycles. The Bertz CT molecular complexity index is 1290. The third-order valence-electron chi connectivity index (χ3n) is 5.31. The quantitative estimate of drug-likeness (QED) is 0.499. The molecule has 0 spiro atoms. The Kier molecular flexibility index (Phi) is 6.71. The summed E-state index contributed by atoms with van der Waals surface area (Å²) in [6.45, 7) is 0. The molecule has 1 fully saturated rings. The van der Waals surface area contributed by atoms with E-state index in [1.807, 2.05) is 0 Å². The van der Waals surface area contributed by atoms with Crippen molar-refractivity contribution in [3.63, 3.8) is 0 Å². The van der Waals surface area contributed by atoms with E-state index in [9.17, 15) is 19.5 Å². The lowest BCUT2D eigenvalue weighted by Crippen LogP contribution is -2.36. The predicted molar refractivity (Wildman–Crippen MR) is 123 cm³/mol. The molecule has 0 aliphatic heterocycles. The fourth-order valence-electron chi connectivity index (χ4n) is 3.67. The van der Waals surface area contributed by atoms with Gasteiger partial charge in [-0.2, -0.15) is 9.78 Å². The van der Waals surface area contributed by atoms with Crippen molar-refractivity contribution in [3.8, 4) is 22.9 Å². The molecule has 3 N–H and O–H groups in total. The van der Waals surface area contributed by atoms with Crippen LogP contribution < -0.4 is 21.3 Å². The van der Waals surface area contributed by atoms with E-state index in [0.29, 0.717) is 5.56 Å². The van der Waals surface area contributed by atoms with E-state index in [1.165, 1.54) is 36.8 Å². The van der Waals surface area contributed by atoms with Gasteiger partial charge in [0.05, 0.1) is 15.7 Å². The number of hydrogen-bond acceptors (Lipinski definition) is 6. The lowest BCUT2D eigenvalue weighted by atomic mass is 9.95.